The monoisotopic (exact) mass is 579 g/mol. The molecule has 3 N–H and O–H groups in total. The Morgan fingerprint density at radius 3 is 2.50 bits per heavy atom. The van der Waals surface area contributed by atoms with E-state index in [1.54, 1.807) is 14.2 Å². The van der Waals surface area contributed by atoms with Gasteiger partial charge in [0.1, 0.15) is 17.2 Å². The Balaban J connectivity index is 1.23. The van der Waals surface area contributed by atoms with Gasteiger partial charge in [-0.15, -0.1) is 0 Å². The van der Waals surface area contributed by atoms with Gasteiger partial charge >= 0.3 is 0 Å². The molecule has 1 aliphatic heterocycles. The minimum atomic E-state index is 0.209. The minimum Gasteiger partial charge on any atom is -0.496 e. The summed E-state index contributed by atoms with van der Waals surface area (Å²) in [7, 11) is 5.30. The molecule has 8 heteroatoms. The van der Waals surface area contributed by atoms with Crippen molar-refractivity contribution in [2.24, 2.45) is 0 Å². The summed E-state index contributed by atoms with van der Waals surface area (Å²) in [6, 6.07) is 22.8. The molecule has 2 atom stereocenters. The van der Waals surface area contributed by atoms with Crippen molar-refractivity contribution in [3.63, 3.8) is 0 Å². The zero-order chi connectivity index (χ0) is 29.4. The molecule has 42 heavy (non-hydrogen) atoms. The molecule has 1 heterocycles. The van der Waals surface area contributed by atoms with E-state index in [9.17, 15) is 0 Å². The molecule has 0 radical (unpaired) electrons. The lowest BCUT2D eigenvalue weighted by molar-refractivity contribution is -0.134. The van der Waals surface area contributed by atoms with E-state index in [0.717, 1.165) is 66.4 Å². The van der Waals surface area contributed by atoms with Crippen LogP contribution in [-0.2, 0) is 22.7 Å². The third kappa shape index (κ3) is 9.63. The van der Waals surface area contributed by atoms with Gasteiger partial charge in [-0.3, -0.25) is 0 Å². The number of rotatable bonds is 18. The van der Waals surface area contributed by atoms with Crippen LogP contribution in [-0.4, -0.2) is 71.6 Å². The zero-order valence-electron chi connectivity index (χ0n) is 25.3. The molecule has 0 spiro atoms. The highest BCUT2D eigenvalue weighted by molar-refractivity contribution is 5.57. The van der Waals surface area contributed by atoms with Crippen LogP contribution in [0.2, 0.25) is 0 Å². The lowest BCUT2D eigenvalue weighted by atomic mass is 9.87. The predicted octanol–water partition coefficient (Wildman–Crippen LogP) is 5.31. The van der Waals surface area contributed by atoms with Crippen molar-refractivity contribution in [3.8, 4) is 17.2 Å². The molecular formula is C34H47N2O6+. The van der Waals surface area contributed by atoms with Gasteiger partial charge in [0.05, 0.1) is 51.7 Å². The van der Waals surface area contributed by atoms with Crippen molar-refractivity contribution in [2.45, 2.75) is 44.5 Å². The maximum Gasteiger partial charge on any atom is 0.174 e. The Hall–Kier alpha value is -3.30. The molecule has 1 fully saturated rings. The third-order valence-corrected chi connectivity index (χ3v) is 7.48. The van der Waals surface area contributed by atoms with Gasteiger partial charge in [-0.25, -0.2) is 0 Å². The van der Waals surface area contributed by atoms with E-state index < -0.39 is 0 Å². The van der Waals surface area contributed by atoms with E-state index in [1.165, 1.54) is 5.56 Å². The molecule has 1 aliphatic rings. The number of piperidine rings is 1. The van der Waals surface area contributed by atoms with E-state index in [1.807, 2.05) is 31.3 Å². The maximum absolute atomic E-state index is 6.02. The van der Waals surface area contributed by atoms with Crippen molar-refractivity contribution in [1.29, 1.82) is 0 Å². The number of ether oxygens (including phenoxy) is 6. The SMILES string of the molecule is CNc1ccc(C[OH+]C2CNCC[C@@H]2c2ccc(OCCCOCc3ccccc3OC)cc2)cc1OCCCOC. The van der Waals surface area contributed by atoms with Crippen LogP contribution < -0.4 is 24.8 Å². The van der Waals surface area contributed by atoms with Crippen molar-refractivity contribution >= 4 is 5.69 Å². The largest absolute Gasteiger partial charge is 0.496 e. The number of hydrogen-bond acceptors (Lipinski definition) is 7. The summed E-state index contributed by atoms with van der Waals surface area (Å²) in [5, 5.41) is 6.75. The molecule has 1 unspecified atom stereocenters. The molecule has 228 valence electrons. The second-order valence-corrected chi connectivity index (χ2v) is 10.4. The smallest absolute Gasteiger partial charge is 0.174 e. The van der Waals surface area contributed by atoms with Crippen LogP contribution in [0.4, 0.5) is 5.69 Å². The Bertz CT molecular complexity index is 1190. The minimum absolute atomic E-state index is 0.209. The third-order valence-electron chi connectivity index (χ3n) is 7.48. The Morgan fingerprint density at radius 2 is 1.69 bits per heavy atom. The van der Waals surface area contributed by atoms with Gasteiger partial charge in [-0.05, 0) is 54.9 Å². The summed E-state index contributed by atoms with van der Waals surface area (Å²) >= 11 is 0. The van der Waals surface area contributed by atoms with Crippen LogP contribution >= 0.6 is 0 Å². The Kier molecular flexibility index (Phi) is 13.3. The first-order valence-corrected chi connectivity index (χ1v) is 14.9. The van der Waals surface area contributed by atoms with Crippen molar-refractivity contribution in [1.82, 2.24) is 5.32 Å². The summed E-state index contributed by atoms with van der Waals surface area (Å²) in [5.41, 5.74) is 4.50. The number of hydrogen-bond donors (Lipinski definition) is 2. The first-order valence-electron chi connectivity index (χ1n) is 14.9. The first kappa shape index (κ1) is 31.6. The summed E-state index contributed by atoms with van der Waals surface area (Å²) in [4.78, 5) is 0. The normalized spacial score (nSPS) is 16.6. The van der Waals surface area contributed by atoms with Gasteiger partial charge in [0.2, 0.25) is 0 Å². The molecule has 3 aromatic carbocycles. The number of nitrogens with one attached hydrogen (secondary N) is 2. The van der Waals surface area contributed by atoms with Crippen LogP contribution in [0.1, 0.15) is 41.9 Å². The van der Waals surface area contributed by atoms with E-state index in [4.69, 9.17) is 28.4 Å². The molecule has 8 nitrogen and oxygen atoms in total. The molecule has 0 saturated carbocycles. The fraction of sp³-hybridized carbons (Fsp3) is 0.471. The number of para-hydroxylation sites is 1. The molecule has 0 aromatic heterocycles. The number of aliphatic hydroxyl groups is 2. The summed E-state index contributed by atoms with van der Waals surface area (Å²) in [6.07, 6.45) is 2.94. The van der Waals surface area contributed by atoms with Crippen LogP contribution in [0.25, 0.3) is 0 Å². The standard InChI is InChI=1S/C34H46N2O6/c1-35-31-15-10-26(22-33(31)41-21-6-18-37-2)24-42-34-23-36-17-16-30(34)27-11-13-29(14-12-27)40-20-7-19-39-25-28-8-4-5-9-32(28)38-3/h4-5,8-15,22,30,34-36H,6-7,16-21,23-25H2,1-3H3/p+1/t30-,34?/m1/s1. The Morgan fingerprint density at radius 1 is 0.881 bits per heavy atom. The van der Waals surface area contributed by atoms with Crippen molar-refractivity contribution < 1.29 is 28.4 Å². The lowest BCUT2D eigenvalue weighted by Crippen LogP contribution is -2.42. The van der Waals surface area contributed by atoms with Crippen molar-refractivity contribution in [2.75, 3.05) is 66.1 Å². The van der Waals surface area contributed by atoms with Crippen LogP contribution in [0.3, 0.4) is 0 Å². The molecular weight excluding hydrogens is 532 g/mol. The van der Waals surface area contributed by atoms with Crippen LogP contribution in [0, 0.1) is 0 Å². The van der Waals surface area contributed by atoms with E-state index in [0.29, 0.717) is 45.6 Å². The zero-order valence-corrected chi connectivity index (χ0v) is 25.3. The second kappa shape index (κ2) is 17.6. The fourth-order valence-corrected chi connectivity index (χ4v) is 5.19. The number of benzene rings is 3. The van der Waals surface area contributed by atoms with E-state index >= 15 is 0 Å². The van der Waals surface area contributed by atoms with Gasteiger partial charge in [-0.1, -0.05) is 30.3 Å². The summed E-state index contributed by atoms with van der Waals surface area (Å²) < 4.78 is 33.5. The molecule has 0 amide bonds. The highest BCUT2D eigenvalue weighted by Crippen LogP contribution is 2.30. The average molecular weight is 580 g/mol. The fourth-order valence-electron chi connectivity index (χ4n) is 5.19. The highest BCUT2D eigenvalue weighted by atomic mass is 16.5. The lowest BCUT2D eigenvalue weighted by Gasteiger charge is -2.29. The average Bonchev–Trinajstić information content (AvgIpc) is 3.04. The summed E-state index contributed by atoms with van der Waals surface area (Å²) in [6.45, 7) is 5.62. The van der Waals surface area contributed by atoms with Gasteiger partial charge in [0.25, 0.3) is 0 Å². The van der Waals surface area contributed by atoms with Crippen molar-refractivity contribution in [3.05, 3.63) is 83.4 Å². The molecule has 0 bridgehead atoms. The molecule has 3 aromatic rings. The van der Waals surface area contributed by atoms with Gasteiger partial charge in [-0.2, -0.15) is 0 Å². The Labute approximate surface area is 250 Å². The molecule has 0 aliphatic carbocycles. The maximum atomic E-state index is 6.02. The number of methoxy groups -OCH3 is 2. The quantitative estimate of drug-likeness (QED) is 0.156. The first-order chi connectivity index (χ1) is 20.7. The van der Waals surface area contributed by atoms with E-state index in [2.05, 4.69) is 53.1 Å². The van der Waals surface area contributed by atoms with E-state index in [-0.39, 0.29) is 6.10 Å². The highest BCUT2D eigenvalue weighted by Gasteiger charge is 2.31. The predicted molar refractivity (Wildman–Crippen MR) is 167 cm³/mol. The number of anilines is 1. The van der Waals surface area contributed by atoms with Crippen LogP contribution in [0.15, 0.2) is 66.7 Å². The topological polar surface area (TPSA) is 83.0 Å². The second-order valence-electron chi connectivity index (χ2n) is 10.4. The van der Waals surface area contributed by atoms with Gasteiger partial charge in [0, 0.05) is 44.7 Å². The molecule has 4 rings (SSSR count). The van der Waals surface area contributed by atoms with Crippen LogP contribution in [0.5, 0.6) is 17.2 Å². The van der Waals surface area contributed by atoms with Gasteiger partial charge in [0.15, 0.2) is 12.7 Å². The summed E-state index contributed by atoms with van der Waals surface area (Å²) in [5.74, 6) is 2.98. The van der Waals surface area contributed by atoms with Gasteiger partial charge < -0.3 is 39.1 Å². The molecule has 1 saturated heterocycles.